The molecule has 0 saturated carbocycles. The third-order valence-electron chi connectivity index (χ3n) is 2.97. The van der Waals surface area contributed by atoms with Crippen molar-refractivity contribution in [3.63, 3.8) is 0 Å². The SMILES string of the molecule is COc1ccc(NC=C2C(=O)OC(C)(C)OC2=O)c(OC)c1F. The van der Waals surface area contributed by atoms with Crippen LogP contribution in [0, 0.1) is 5.82 Å². The molecule has 1 aliphatic rings. The van der Waals surface area contributed by atoms with E-state index in [-0.39, 0.29) is 22.8 Å². The molecular formula is C15H16FNO6. The maximum atomic E-state index is 14.1. The Hall–Kier alpha value is -2.77. The van der Waals surface area contributed by atoms with Crippen LogP contribution in [0.15, 0.2) is 23.9 Å². The minimum absolute atomic E-state index is 0.00158. The zero-order valence-corrected chi connectivity index (χ0v) is 13.1. The van der Waals surface area contributed by atoms with Crippen molar-refractivity contribution in [3.05, 3.63) is 29.7 Å². The molecule has 23 heavy (non-hydrogen) atoms. The molecule has 1 saturated heterocycles. The monoisotopic (exact) mass is 325 g/mol. The van der Waals surface area contributed by atoms with Crippen molar-refractivity contribution in [1.82, 2.24) is 0 Å². The number of esters is 2. The van der Waals surface area contributed by atoms with Crippen molar-refractivity contribution in [1.29, 1.82) is 0 Å². The summed E-state index contributed by atoms with van der Waals surface area (Å²) in [5.41, 5.74) is -0.147. The second-order valence-corrected chi connectivity index (χ2v) is 5.04. The number of cyclic esters (lactones) is 2. The van der Waals surface area contributed by atoms with Crippen LogP contribution in [0.2, 0.25) is 0 Å². The van der Waals surface area contributed by atoms with Crippen LogP contribution < -0.4 is 14.8 Å². The van der Waals surface area contributed by atoms with Crippen LogP contribution in [0.4, 0.5) is 10.1 Å². The number of anilines is 1. The quantitative estimate of drug-likeness (QED) is 0.515. The maximum Gasteiger partial charge on any atom is 0.350 e. The maximum absolute atomic E-state index is 14.1. The third-order valence-corrected chi connectivity index (χ3v) is 2.97. The largest absolute Gasteiger partial charge is 0.494 e. The summed E-state index contributed by atoms with van der Waals surface area (Å²) in [6.07, 6.45) is 1.07. The van der Waals surface area contributed by atoms with Crippen LogP contribution in [0.25, 0.3) is 0 Å². The third kappa shape index (κ3) is 3.36. The Morgan fingerprint density at radius 3 is 2.26 bits per heavy atom. The predicted molar refractivity (Wildman–Crippen MR) is 77.5 cm³/mol. The van der Waals surface area contributed by atoms with E-state index < -0.39 is 23.5 Å². The molecule has 0 unspecified atom stereocenters. The van der Waals surface area contributed by atoms with Gasteiger partial charge in [0.2, 0.25) is 5.82 Å². The molecule has 1 aromatic rings. The Balaban J connectivity index is 2.28. The lowest BCUT2D eigenvalue weighted by Crippen LogP contribution is -2.42. The molecule has 0 spiro atoms. The number of hydrogen-bond acceptors (Lipinski definition) is 7. The average molecular weight is 325 g/mol. The van der Waals surface area contributed by atoms with E-state index in [1.165, 1.54) is 40.2 Å². The van der Waals surface area contributed by atoms with Gasteiger partial charge in [-0.1, -0.05) is 0 Å². The van der Waals surface area contributed by atoms with E-state index >= 15 is 0 Å². The molecule has 0 aromatic heterocycles. The first-order valence-corrected chi connectivity index (χ1v) is 6.63. The van der Waals surface area contributed by atoms with E-state index in [9.17, 15) is 14.0 Å². The molecule has 7 nitrogen and oxygen atoms in total. The van der Waals surface area contributed by atoms with E-state index in [4.69, 9.17) is 18.9 Å². The highest BCUT2D eigenvalue weighted by Crippen LogP contribution is 2.34. The Bertz CT molecular complexity index is 661. The second-order valence-electron chi connectivity index (χ2n) is 5.04. The lowest BCUT2D eigenvalue weighted by molar-refractivity contribution is -0.222. The van der Waals surface area contributed by atoms with Gasteiger partial charge in [0.1, 0.15) is 0 Å². The first-order chi connectivity index (χ1) is 10.8. The Kier molecular flexibility index (Phi) is 4.44. The lowest BCUT2D eigenvalue weighted by Gasteiger charge is -2.29. The van der Waals surface area contributed by atoms with Crippen LogP contribution in [-0.2, 0) is 19.1 Å². The summed E-state index contributed by atoms with van der Waals surface area (Å²) in [4.78, 5) is 23.6. The zero-order chi connectivity index (χ0) is 17.2. The fourth-order valence-corrected chi connectivity index (χ4v) is 1.94. The number of ether oxygens (including phenoxy) is 4. The summed E-state index contributed by atoms with van der Waals surface area (Å²) in [5, 5.41) is 2.63. The van der Waals surface area contributed by atoms with Crippen molar-refractivity contribution in [2.24, 2.45) is 0 Å². The van der Waals surface area contributed by atoms with Gasteiger partial charge in [0.15, 0.2) is 17.1 Å². The average Bonchev–Trinajstić information content (AvgIpc) is 2.45. The molecule has 2 rings (SSSR count). The predicted octanol–water partition coefficient (Wildman–Crippen LogP) is 1.97. The standard InChI is InChI=1S/C15H16FNO6/c1-15(2)22-13(18)8(14(19)23-15)7-17-9-5-6-10(20-3)11(16)12(9)21-4/h5-7,17H,1-4H3. The van der Waals surface area contributed by atoms with Crippen molar-refractivity contribution >= 4 is 17.6 Å². The summed E-state index contributed by atoms with van der Waals surface area (Å²) in [6.45, 7) is 2.88. The van der Waals surface area contributed by atoms with Gasteiger partial charge in [-0.25, -0.2) is 9.59 Å². The summed E-state index contributed by atoms with van der Waals surface area (Å²) < 4.78 is 33.8. The number of nitrogens with one attached hydrogen (secondary N) is 1. The fraction of sp³-hybridized carbons (Fsp3) is 0.333. The van der Waals surface area contributed by atoms with Gasteiger partial charge < -0.3 is 24.3 Å². The summed E-state index contributed by atoms with van der Waals surface area (Å²) in [7, 11) is 2.60. The molecule has 1 N–H and O–H groups in total. The number of rotatable bonds is 4. The first-order valence-electron chi connectivity index (χ1n) is 6.63. The van der Waals surface area contributed by atoms with E-state index in [0.29, 0.717) is 0 Å². The minimum Gasteiger partial charge on any atom is -0.494 e. The highest BCUT2D eigenvalue weighted by Gasteiger charge is 2.39. The van der Waals surface area contributed by atoms with Gasteiger partial charge in [0, 0.05) is 20.0 Å². The fourth-order valence-electron chi connectivity index (χ4n) is 1.94. The molecule has 124 valence electrons. The van der Waals surface area contributed by atoms with Gasteiger partial charge in [-0.2, -0.15) is 4.39 Å². The minimum atomic E-state index is -1.32. The number of hydrogen-bond donors (Lipinski definition) is 1. The van der Waals surface area contributed by atoms with Gasteiger partial charge in [0.05, 0.1) is 19.9 Å². The van der Waals surface area contributed by atoms with Gasteiger partial charge in [0.25, 0.3) is 5.79 Å². The molecule has 1 aromatic carbocycles. The molecule has 0 amide bonds. The molecule has 1 fully saturated rings. The van der Waals surface area contributed by atoms with Crippen LogP contribution >= 0.6 is 0 Å². The van der Waals surface area contributed by atoms with Crippen LogP contribution in [-0.4, -0.2) is 31.9 Å². The van der Waals surface area contributed by atoms with E-state index in [1.54, 1.807) is 0 Å². The van der Waals surface area contributed by atoms with E-state index in [2.05, 4.69) is 5.32 Å². The van der Waals surface area contributed by atoms with Gasteiger partial charge >= 0.3 is 11.9 Å². The van der Waals surface area contributed by atoms with Gasteiger partial charge in [-0.3, -0.25) is 0 Å². The molecule has 1 heterocycles. The van der Waals surface area contributed by atoms with Crippen molar-refractivity contribution in [2.45, 2.75) is 19.6 Å². The summed E-state index contributed by atoms with van der Waals surface area (Å²) >= 11 is 0. The van der Waals surface area contributed by atoms with Crippen LogP contribution in [0.5, 0.6) is 11.5 Å². The van der Waals surface area contributed by atoms with Crippen molar-refractivity contribution in [2.75, 3.05) is 19.5 Å². The number of carbonyl (C=O) groups is 2. The highest BCUT2D eigenvalue weighted by atomic mass is 19.1. The molecule has 8 heteroatoms. The van der Waals surface area contributed by atoms with Gasteiger partial charge in [-0.15, -0.1) is 0 Å². The molecule has 0 radical (unpaired) electrons. The highest BCUT2D eigenvalue weighted by molar-refractivity contribution is 6.15. The zero-order valence-electron chi connectivity index (χ0n) is 13.1. The van der Waals surface area contributed by atoms with Crippen LogP contribution in [0.1, 0.15) is 13.8 Å². The lowest BCUT2D eigenvalue weighted by atomic mass is 10.2. The summed E-state index contributed by atoms with van der Waals surface area (Å²) in [6, 6.07) is 2.85. The molecular weight excluding hydrogens is 309 g/mol. The Morgan fingerprint density at radius 1 is 1.13 bits per heavy atom. The van der Waals surface area contributed by atoms with Crippen molar-refractivity contribution in [3.8, 4) is 11.5 Å². The van der Waals surface area contributed by atoms with Crippen LogP contribution in [0.3, 0.4) is 0 Å². The van der Waals surface area contributed by atoms with Crippen molar-refractivity contribution < 1.29 is 32.9 Å². The topological polar surface area (TPSA) is 83.1 Å². The number of methoxy groups -OCH3 is 2. The molecule has 0 aliphatic carbocycles. The Morgan fingerprint density at radius 2 is 1.74 bits per heavy atom. The number of halogens is 1. The molecule has 0 atom stereocenters. The number of benzene rings is 1. The Labute approximate surface area is 132 Å². The first kappa shape index (κ1) is 16.6. The number of carbonyl (C=O) groups excluding carboxylic acids is 2. The van der Waals surface area contributed by atoms with Gasteiger partial charge in [-0.05, 0) is 12.1 Å². The second kappa shape index (κ2) is 6.15. The normalized spacial score (nSPS) is 16.3. The molecule has 0 bridgehead atoms. The molecule has 1 aliphatic heterocycles. The smallest absolute Gasteiger partial charge is 0.350 e. The van der Waals surface area contributed by atoms with E-state index in [1.807, 2.05) is 0 Å². The van der Waals surface area contributed by atoms with E-state index in [0.717, 1.165) is 6.20 Å². The summed E-state index contributed by atoms with van der Waals surface area (Å²) in [5.74, 6) is -3.85.